The summed E-state index contributed by atoms with van der Waals surface area (Å²) in [6, 6.07) is 20.7. The van der Waals surface area contributed by atoms with Crippen molar-refractivity contribution >= 4 is 17.4 Å². The summed E-state index contributed by atoms with van der Waals surface area (Å²) in [5.41, 5.74) is 1.14. The van der Waals surface area contributed by atoms with Crippen LogP contribution in [0.3, 0.4) is 0 Å². The molecule has 5 nitrogen and oxygen atoms in total. The zero-order chi connectivity index (χ0) is 20.1. The number of amides is 1. The van der Waals surface area contributed by atoms with Crippen LogP contribution in [0.15, 0.2) is 72.9 Å². The Labute approximate surface area is 171 Å². The van der Waals surface area contributed by atoms with E-state index in [2.05, 4.69) is 22.1 Å². The number of nitrogens with one attached hydrogen (secondary N) is 1. The Balaban J connectivity index is 1.44. The number of carbonyl (C=O) groups excluding carboxylic acids is 1. The minimum atomic E-state index is -0.208. The van der Waals surface area contributed by atoms with Crippen molar-refractivity contribution < 1.29 is 9.53 Å². The number of benzene rings is 2. The van der Waals surface area contributed by atoms with E-state index in [-0.39, 0.29) is 5.91 Å². The van der Waals surface area contributed by atoms with Gasteiger partial charge in [0.25, 0.3) is 5.91 Å². The monoisotopic (exact) mass is 387 g/mol. The number of carbonyl (C=O) groups is 1. The van der Waals surface area contributed by atoms with Gasteiger partial charge in [-0.25, -0.2) is 4.98 Å². The molecule has 0 atom stereocenters. The van der Waals surface area contributed by atoms with Crippen molar-refractivity contribution in [3.8, 4) is 11.5 Å². The van der Waals surface area contributed by atoms with Crippen LogP contribution in [-0.4, -0.2) is 24.0 Å². The molecule has 2 aromatic carbocycles. The van der Waals surface area contributed by atoms with E-state index in [0.717, 1.165) is 30.6 Å². The molecule has 5 heteroatoms. The molecule has 1 aromatic heterocycles. The molecule has 1 saturated heterocycles. The Morgan fingerprint density at radius 3 is 2.45 bits per heavy atom. The van der Waals surface area contributed by atoms with Crippen LogP contribution in [0.25, 0.3) is 0 Å². The maximum Gasteiger partial charge on any atom is 0.257 e. The first-order valence-electron chi connectivity index (χ1n) is 10.0. The van der Waals surface area contributed by atoms with E-state index in [1.165, 1.54) is 12.8 Å². The van der Waals surface area contributed by atoms with Crippen LogP contribution < -0.4 is 15.0 Å². The summed E-state index contributed by atoms with van der Waals surface area (Å²) in [6.45, 7) is 4.32. The highest BCUT2D eigenvalue weighted by Crippen LogP contribution is 2.29. The van der Waals surface area contributed by atoms with E-state index in [9.17, 15) is 4.79 Å². The van der Waals surface area contributed by atoms with Gasteiger partial charge in [0.05, 0.1) is 11.3 Å². The van der Waals surface area contributed by atoms with E-state index in [4.69, 9.17) is 4.74 Å². The van der Waals surface area contributed by atoms with Gasteiger partial charge >= 0.3 is 0 Å². The van der Waals surface area contributed by atoms with Gasteiger partial charge in [0, 0.05) is 19.3 Å². The van der Waals surface area contributed by atoms with Crippen molar-refractivity contribution in [1.29, 1.82) is 0 Å². The van der Waals surface area contributed by atoms with Gasteiger partial charge in [-0.05, 0) is 55.2 Å². The van der Waals surface area contributed by atoms with E-state index >= 15 is 0 Å². The number of piperidine rings is 1. The Bertz CT molecular complexity index is 949. The third kappa shape index (κ3) is 4.74. The van der Waals surface area contributed by atoms with Gasteiger partial charge in [0.1, 0.15) is 11.6 Å². The Hall–Kier alpha value is -3.34. The van der Waals surface area contributed by atoms with Crippen molar-refractivity contribution in [2.75, 3.05) is 23.3 Å². The summed E-state index contributed by atoms with van der Waals surface area (Å²) in [7, 11) is 0. The first-order chi connectivity index (χ1) is 14.2. The van der Waals surface area contributed by atoms with Gasteiger partial charge in [-0.3, -0.25) is 4.79 Å². The van der Waals surface area contributed by atoms with Gasteiger partial charge in [0.2, 0.25) is 0 Å². The number of ether oxygens (including phenoxy) is 1. The largest absolute Gasteiger partial charge is 0.455 e. The van der Waals surface area contributed by atoms with Crippen molar-refractivity contribution in [3.63, 3.8) is 0 Å². The van der Waals surface area contributed by atoms with Gasteiger partial charge < -0.3 is 15.0 Å². The standard InChI is InChI=1S/C24H25N3O2/c1-18-13-15-27(16-14-18)23-12-11-19(17-25-23)24(28)26-21-9-5-6-10-22(21)29-20-7-3-2-4-8-20/h2-12,17-18H,13-16H2,1H3,(H,26,28). The minimum absolute atomic E-state index is 0.208. The van der Waals surface area contributed by atoms with Gasteiger partial charge in [-0.15, -0.1) is 0 Å². The number of rotatable bonds is 5. The third-order valence-corrected chi connectivity index (χ3v) is 5.22. The lowest BCUT2D eigenvalue weighted by molar-refractivity contribution is 0.102. The zero-order valence-corrected chi connectivity index (χ0v) is 16.5. The average Bonchev–Trinajstić information content (AvgIpc) is 2.76. The van der Waals surface area contributed by atoms with Crippen molar-refractivity contribution in [2.24, 2.45) is 5.92 Å². The summed E-state index contributed by atoms with van der Waals surface area (Å²) in [4.78, 5) is 19.5. The molecule has 29 heavy (non-hydrogen) atoms. The fourth-order valence-electron chi connectivity index (χ4n) is 3.41. The lowest BCUT2D eigenvalue weighted by Crippen LogP contribution is -2.33. The molecule has 0 aliphatic carbocycles. The maximum atomic E-state index is 12.7. The van der Waals surface area contributed by atoms with Crippen LogP contribution in [0.5, 0.6) is 11.5 Å². The highest BCUT2D eigenvalue weighted by Gasteiger charge is 2.17. The summed E-state index contributed by atoms with van der Waals surface area (Å²) < 4.78 is 5.92. The van der Waals surface area contributed by atoms with Crippen LogP contribution in [-0.2, 0) is 0 Å². The number of para-hydroxylation sites is 3. The molecule has 4 rings (SSSR count). The first kappa shape index (κ1) is 19.0. The quantitative estimate of drug-likeness (QED) is 0.640. The van der Waals surface area contributed by atoms with E-state index in [0.29, 0.717) is 17.0 Å². The van der Waals surface area contributed by atoms with Crippen LogP contribution in [0.4, 0.5) is 11.5 Å². The smallest absolute Gasteiger partial charge is 0.257 e. The molecule has 1 fully saturated rings. The number of aromatic nitrogens is 1. The Kier molecular flexibility index (Phi) is 5.75. The van der Waals surface area contributed by atoms with Gasteiger partial charge in [0.15, 0.2) is 5.75 Å². The summed E-state index contributed by atoms with van der Waals surface area (Å²) >= 11 is 0. The molecule has 0 spiro atoms. The second-order valence-electron chi connectivity index (χ2n) is 7.44. The molecule has 1 amide bonds. The van der Waals surface area contributed by atoms with Crippen LogP contribution >= 0.6 is 0 Å². The second kappa shape index (κ2) is 8.78. The molecule has 0 saturated carbocycles. The molecule has 148 valence electrons. The van der Waals surface area contributed by atoms with Crippen LogP contribution in [0, 0.1) is 5.92 Å². The normalized spacial score (nSPS) is 14.4. The highest BCUT2D eigenvalue weighted by molar-refractivity contribution is 6.04. The molecule has 2 heterocycles. The predicted octanol–water partition coefficient (Wildman–Crippen LogP) is 5.36. The number of pyridine rings is 1. The zero-order valence-electron chi connectivity index (χ0n) is 16.5. The predicted molar refractivity (Wildman–Crippen MR) is 116 cm³/mol. The average molecular weight is 387 g/mol. The third-order valence-electron chi connectivity index (χ3n) is 5.22. The summed E-state index contributed by atoms with van der Waals surface area (Å²) in [5.74, 6) is 2.81. The lowest BCUT2D eigenvalue weighted by Gasteiger charge is -2.31. The number of nitrogens with zero attached hydrogens (tertiary/aromatic N) is 2. The molecule has 3 aromatic rings. The number of hydrogen-bond donors (Lipinski definition) is 1. The first-order valence-corrected chi connectivity index (χ1v) is 10.0. The molecular formula is C24H25N3O2. The molecular weight excluding hydrogens is 362 g/mol. The van der Waals surface area contributed by atoms with E-state index < -0.39 is 0 Å². The van der Waals surface area contributed by atoms with Crippen molar-refractivity contribution in [3.05, 3.63) is 78.5 Å². The molecule has 0 unspecified atom stereocenters. The van der Waals surface area contributed by atoms with Crippen LogP contribution in [0.1, 0.15) is 30.1 Å². The second-order valence-corrected chi connectivity index (χ2v) is 7.44. The van der Waals surface area contributed by atoms with Crippen molar-refractivity contribution in [2.45, 2.75) is 19.8 Å². The fourth-order valence-corrected chi connectivity index (χ4v) is 3.41. The molecule has 0 radical (unpaired) electrons. The Morgan fingerprint density at radius 1 is 1.00 bits per heavy atom. The topological polar surface area (TPSA) is 54.5 Å². The SMILES string of the molecule is CC1CCN(c2ccc(C(=O)Nc3ccccc3Oc3ccccc3)cn2)CC1. The van der Waals surface area contributed by atoms with Crippen LogP contribution in [0.2, 0.25) is 0 Å². The van der Waals surface area contributed by atoms with Gasteiger partial charge in [-0.1, -0.05) is 37.3 Å². The Morgan fingerprint density at radius 2 is 1.72 bits per heavy atom. The van der Waals surface area contributed by atoms with Crippen molar-refractivity contribution in [1.82, 2.24) is 4.98 Å². The summed E-state index contributed by atoms with van der Waals surface area (Å²) in [5, 5.41) is 2.93. The number of anilines is 2. The number of hydrogen-bond acceptors (Lipinski definition) is 4. The van der Waals surface area contributed by atoms with Gasteiger partial charge in [-0.2, -0.15) is 0 Å². The molecule has 0 bridgehead atoms. The van der Waals surface area contributed by atoms with E-state index in [1.54, 1.807) is 6.20 Å². The molecule has 1 N–H and O–H groups in total. The van der Waals surface area contributed by atoms with E-state index in [1.807, 2.05) is 66.7 Å². The molecule has 1 aliphatic heterocycles. The molecule has 1 aliphatic rings. The lowest BCUT2D eigenvalue weighted by atomic mass is 9.99. The fraction of sp³-hybridized carbons (Fsp3) is 0.250. The summed E-state index contributed by atoms with van der Waals surface area (Å²) in [6.07, 6.45) is 4.01. The highest BCUT2D eigenvalue weighted by atomic mass is 16.5. The minimum Gasteiger partial charge on any atom is -0.455 e. The maximum absolute atomic E-state index is 12.7.